The molecule has 0 aromatic heterocycles. The van der Waals surface area contributed by atoms with E-state index in [1.807, 2.05) is 24.3 Å². The van der Waals surface area contributed by atoms with Crippen molar-refractivity contribution in [3.63, 3.8) is 0 Å². The van der Waals surface area contributed by atoms with Crippen molar-refractivity contribution in [2.24, 2.45) is 10.9 Å². The van der Waals surface area contributed by atoms with Crippen LogP contribution in [0.4, 0.5) is 0 Å². The summed E-state index contributed by atoms with van der Waals surface area (Å²) in [4.78, 5) is 7.12. The number of rotatable bonds is 7. The van der Waals surface area contributed by atoms with Crippen molar-refractivity contribution >= 4 is 41.5 Å². The van der Waals surface area contributed by atoms with Crippen LogP contribution in [0.15, 0.2) is 29.3 Å². The molecule has 0 radical (unpaired) electrons. The summed E-state index contributed by atoms with van der Waals surface area (Å²) in [5.41, 5.74) is 1.15. The Balaban J connectivity index is 0.00000312. The summed E-state index contributed by atoms with van der Waals surface area (Å²) in [7, 11) is 0. The average Bonchev–Trinajstić information content (AvgIpc) is 2.59. The van der Waals surface area contributed by atoms with Gasteiger partial charge in [-0.05, 0) is 30.5 Å². The van der Waals surface area contributed by atoms with Crippen molar-refractivity contribution < 1.29 is 4.74 Å². The van der Waals surface area contributed by atoms with Crippen LogP contribution in [0.2, 0.25) is 5.02 Å². The highest BCUT2D eigenvalue weighted by Crippen LogP contribution is 2.10. The molecule has 1 saturated heterocycles. The summed E-state index contributed by atoms with van der Waals surface area (Å²) in [6, 6.07) is 7.82. The molecule has 1 heterocycles. The van der Waals surface area contributed by atoms with E-state index in [-0.39, 0.29) is 24.0 Å². The number of hydrogen-bond acceptors (Lipinski definition) is 3. The van der Waals surface area contributed by atoms with Crippen molar-refractivity contribution in [2.45, 2.75) is 20.4 Å². The van der Waals surface area contributed by atoms with Crippen LogP contribution in [0.3, 0.4) is 0 Å². The van der Waals surface area contributed by atoms with Crippen molar-refractivity contribution in [3.05, 3.63) is 34.9 Å². The fourth-order valence-electron chi connectivity index (χ4n) is 2.66. The van der Waals surface area contributed by atoms with E-state index in [1.165, 1.54) is 0 Å². The largest absolute Gasteiger partial charge is 0.379 e. The molecule has 25 heavy (non-hydrogen) atoms. The van der Waals surface area contributed by atoms with E-state index < -0.39 is 0 Å². The highest BCUT2D eigenvalue weighted by Gasteiger charge is 2.13. The number of benzene rings is 1. The Hall–Kier alpha value is -0.570. The quantitative estimate of drug-likeness (QED) is 0.358. The van der Waals surface area contributed by atoms with Crippen LogP contribution in [0.25, 0.3) is 0 Å². The lowest BCUT2D eigenvalue weighted by atomic mass is 10.1. The minimum Gasteiger partial charge on any atom is -0.379 e. The topological polar surface area (TPSA) is 48.9 Å². The van der Waals surface area contributed by atoms with Gasteiger partial charge >= 0.3 is 0 Å². The van der Waals surface area contributed by atoms with Crippen LogP contribution in [-0.2, 0) is 11.3 Å². The molecule has 5 nitrogen and oxygen atoms in total. The highest BCUT2D eigenvalue weighted by molar-refractivity contribution is 14.0. The van der Waals surface area contributed by atoms with Gasteiger partial charge in [0, 0.05) is 37.7 Å². The van der Waals surface area contributed by atoms with Gasteiger partial charge in [-0.25, -0.2) is 4.99 Å². The van der Waals surface area contributed by atoms with E-state index in [4.69, 9.17) is 16.3 Å². The maximum absolute atomic E-state index is 5.92. The molecule has 0 amide bonds. The predicted octanol–water partition coefficient (Wildman–Crippen LogP) is 2.98. The summed E-state index contributed by atoms with van der Waals surface area (Å²) in [6.45, 7) is 11.6. The van der Waals surface area contributed by atoms with E-state index in [0.29, 0.717) is 12.5 Å². The Morgan fingerprint density at radius 2 is 1.92 bits per heavy atom. The molecule has 1 fully saturated rings. The lowest BCUT2D eigenvalue weighted by Crippen LogP contribution is -2.44. The maximum atomic E-state index is 5.92. The average molecular weight is 481 g/mol. The van der Waals surface area contributed by atoms with Crippen molar-refractivity contribution in [3.8, 4) is 0 Å². The fourth-order valence-corrected chi connectivity index (χ4v) is 2.79. The predicted molar refractivity (Wildman–Crippen MR) is 116 cm³/mol. The Morgan fingerprint density at radius 1 is 1.24 bits per heavy atom. The third-order valence-electron chi connectivity index (χ3n) is 3.97. The molecule has 0 saturated carbocycles. The van der Waals surface area contributed by atoms with Crippen molar-refractivity contribution in [2.75, 3.05) is 45.9 Å². The second-order valence-corrected chi connectivity index (χ2v) is 6.66. The maximum Gasteiger partial charge on any atom is 0.191 e. The van der Waals surface area contributed by atoms with Gasteiger partial charge in [0.15, 0.2) is 5.96 Å². The van der Waals surface area contributed by atoms with E-state index in [2.05, 4.69) is 34.4 Å². The Bertz CT molecular complexity index is 506. The SMILES string of the molecule is CCNC(=NCc1ccc(Cl)cc1)NCC(C)CN1CCOCC1.I. The minimum absolute atomic E-state index is 0. The highest BCUT2D eigenvalue weighted by atomic mass is 127. The molecule has 1 atom stereocenters. The smallest absolute Gasteiger partial charge is 0.191 e. The monoisotopic (exact) mass is 480 g/mol. The Morgan fingerprint density at radius 3 is 2.56 bits per heavy atom. The first-order chi connectivity index (χ1) is 11.7. The van der Waals surface area contributed by atoms with Gasteiger partial charge in [-0.3, -0.25) is 4.90 Å². The van der Waals surface area contributed by atoms with Crippen LogP contribution in [0.5, 0.6) is 0 Å². The van der Waals surface area contributed by atoms with Crippen molar-refractivity contribution in [1.82, 2.24) is 15.5 Å². The normalized spacial score (nSPS) is 16.8. The molecule has 2 rings (SSSR count). The van der Waals surface area contributed by atoms with Crippen LogP contribution in [-0.4, -0.2) is 56.8 Å². The zero-order valence-corrected chi connectivity index (χ0v) is 18.2. The molecule has 1 unspecified atom stereocenters. The number of aliphatic imine (C=N–C) groups is 1. The van der Waals surface area contributed by atoms with E-state index in [9.17, 15) is 0 Å². The first-order valence-corrected chi connectivity index (χ1v) is 9.12. The van der Waals surface area contributed by atoms with Crippen LogP contribution >= 0.6 is 35.6 Å². The number of halogens is 2. The second kappa shape index (κ2) is 12.7. The van der Waals surface area contributed by atoms with Gasteiger partial charge < -0.3 is 15.4 Å². The Kier molecular flexibility index (Phi) is 11.4. The molecular weight excluding hydrogens is 451 g/mol. The Labute approximate surface area is 173 Å². The molecule has 142 valence electrons. The number of nitrogens with zero attached hydrogens (tertiary/aromatic N) is 2. The third-order valence-corrected chi connectivity index (χ3v) is 4.22. The first kappa shape index (κ1) is 22.5. The molecular formula is C18H30ClIN4O. The molecule has 2 N–H and O–H groups in total. The van der Waals surface area contributed by atoms with Crippen LogP contribution in [0, 0.1) is 5.92 Å². The number of hydrogen-bond donors (Lipinski definition) is 2. The lowest BCUT2D eigenvalue weighted by Gasteiger charge is -2.29. The summed E-state index contributed by atoms with van der Waals surface area (Å²) in [5.74, 6) is 1.42. The summed E-state index contributed by atoms with van der Waals surface area (Å²) >= 11 is 5.92. The molecule has 0 spiro atoms. The lowest BCUT2D eigenvalue weighted by molar-refractivity contribution is 0.0320. The van der Waals surface area contributed by atoms with Gasteiger partial charge in [0.2, 0.25) is 0 Å². The van der Waals surface area contributed by atoms with Gasteiger partial charge in [-0.15, -0.1) is 24.0 Å². The minimum atomic E-state index is 0. The summed E-state index contributed by atoms with van der Waals surface area (Å²) < 4.78 is 5.40. The van der Waals surface area contributed by atoms with Crippen molar-refractivity contribution in [1.29, 1.82) is 0 Å². The van der Waals surface area contributed by atoms with E-state index in [1.54, 1.807) is 0 Å². The molecule has 1 aliphatic heterocycles. The van der Waals surface area contributed by atoms with Crippen LogP contribution in [0.1, 0.15) is 19.4 Å². The van der Waals surface area contributed by atoms with Crippen LogP contribution < -0.4 is 10.6 Å². The number of ether oxygens (including phenoxy) is 1. The number of nitrogens with one attached hydrogen (secondary N) is 2. The van der Waals surface area contributed by atoms with Gasteiger partial charge in [-0.2, -0.15) is 0 Å². The third kappa shape index (κ3) is 9.08. The molecule has 0 bridgehead atoms. The van der Waals surface area contributed by atoms with Gasteiger partial charge in [0.25, 0.3) is 0 Å². The molecule has 1 aromatic rings. The summed E-state index contributed by atoms with van der Waals surface area (Å²) in [5, 5.41) is 7.50. The number of morpholine rings is 1. The molecule has 1 aliphatic rings. The number of guanidine groups is 1. The standard InChI is InChI=1S/C18H29ClN4O.HI/c1-3-20-18(22-13-16-4-6-17(19)7-5-16)21-12-15(2)14-23-8-10-24-11-9-23;/h4-7,15H,3,8-14H2,1-2H3,(H2,20,21,22);1H. The van der Waals surface area contributed by atoms with Gasteiger partial charge in [0.1, 0.15) is 0 Å². The summed E-state index contributed by atoms with van der Waals surface area (Å²) in [6.07, 6.45) is 0. The zero-order valence-electron chi connectivity index (χ0n) is 15.1. The molecule has 7 heteroatoms. The molecule has 0 aliphatic carbocycles. The zero-order chi connectivity index (χ0) is 17.2. The van der Waals surface area contributed by atoms with Gasteiger partial charge in [0.05, 0.1) is 19.8 Å². The van der Waals surface area contributed by atoms with Gasteiger partial charge in [-0.1, -0.05) is 30.7 Å². The second-order valence-electron chi connectivity index (χ2n) is 6.22. The van der Waals surface area contributed by atoms with E-state index in [0.717, 1.165) is 62.5 Å². The van der Waals surface area contributed by atoms with E-state index >= 15 is 0 Å². The fraction of sp³-hybridized carbons (Fsp3) is 0.611. The molecule has 1 aromatic carbocycles. The first-order valence-electron chi connectivity index (χ1n) is 8.74.